The Morgan fingerprint density at radius 3 is 2.71 bits per heavy atom. The van der Waals surface area contributed by atoms with E-state index in [1.807, 2.05) is 13.8 Å². The van der Waals surface area contributed by atoms with Crippen LogP contribution in [0.4, 0.5) is 0 Å². The smallest absolute Gasteiger partial charge is 0.224 e. The van der Waals surface area contributed by atoms with Crippen LogP contribution in [0.5, 0.6) is 0 Å². The molecule has 6 heteroatoms. The molecule has 1 aromatic carbocycles. The molecular formula is C15H21N3O3. The first kappa shape index (κ1) is 15.3. The van der Waals surface area contributed by atoms with E-state index >= 15 is 0 Å². The maximum absolute atomic E-state index is 12.1. The van der Waals surface area contributed by atoms with Gasteiger partial charge in [0.25, 0.3) is 0 Å². The molecule has 1 amide bonds. The standard InChI is InChI=1S/C15H21N3O3/c1-10-15(2,7-8-21-10)17-13(19)9-11-3-5-12(6-4-11)14(16)18-20/h3-6,10,20H,7-9H2,1-2H3,(H2,16,18)(H,17,19). The topological polar surface area (TPSA) is 96.9 Å². The summed E-state index contributed by atoms with van der Waals surface area (Å²) in [5.41, 5.74) is 6.68. The second kappa shape index (κ2) is 6.13. The highest BCUT2D eigenvalue weighted by Crippen LogP contribution is 2.25. The molecule has 0 aliphatic carbocycles. The zero-order valence-electron chi connectivity index (χ0n) is 12.3. The molecule has 4 N–H and O–H groups in total. The Hall–Kier alpha value is -2.08. The summed E-state index contributed by atoms with van der Waals surface area (Å²) in [5, 5.41) is 14.6. The van der Waals surface area contributed by atoms with Gasteiger partial charge in [0, 0.05) is 12.2 Å². The second-order valence-electron chi connectivity index (χ2n) is 5.59. The number of amidine groups is 1. The van der Waals surface area contributed by atoms with Gasteiger partial charge in [-0.2, -0.15) is 0 Å². The van der Waals surface area contributed by atoms with Crippen molar-refractivity contribution in [2.45, 2.75) is 38.3 Å². The van der Waals surface area contributed by atoms with E-state index in [0.29, 0.717) is 18.6 Å². The molecule has 0 bridgehead atoms. The van der Waals surface area contributed by atoms with Crippen LogP contribution >= 0.6 is 0 Å². The van der Waals surface area contributed by atoms with Crippen molar-refractivity contribution in [3.05, 3.63) is 35.4 Å². The molecular weight excluding hydrogens is 270 g/mol. The number of nitrogens with zero attached hydrogens (tertiary/aromatic N) is 1. The fourth-order valence-electron chi connectivity index (χ4n) is 2.40. The monoisotopic (exact) mass is 291 g/mol. The molecule has 1 fully saturated rings. The second-order valence-corrected chi connectivity index (χ2v) is 5.59. The third kappa shape index (κ3) is 3.52. The lowest BCUT2D eigenvalue weighted by molar-refractivity contribution is -0.122. The number of amides is 1. The number of nitrogens with two attached hydrogens (primary N) is 1. The van der Waals surface area contributed by atoms with Gasteiger partial charge >= 0.3 is 0 Å². The molecule has 0 spiro atoms. The lowest BCUT2D eigenvalue weighted by Gasteiger charge is -2.28. The minimum atomic E-state index is -0.301. The van der Waals surface area contributed by atoms with Crippen molar-refractivity contribution >= 4 is 11.7 Å². The predicted molar refractivity (Wildman–Crippen MR) is 79.2 cm³/mol. The first-order valence-electron chi connectivity index (χ1n) is 6.94. The highest BCUT2D eigenvalue weighted by atomic mass is 16.5. The van der Waals surface area contributed by atoms with Gasteiger partial charge in [-0.1, -0.05) is 29.4 Å². The van der Waals surface area contributed by atoms with Crippen LogP contribution in [0.1, 0.15) is 31.4 Å². The van der Waals surface area contributed by atoms with E-state index in [4.69, 9.17) is 15.7 Å². The molecule has 2 unspecified atom stereocenters. The van der Waals surface area contributed by atoms with E-state index in [2.05, 4.69) is 10.5 Å². The average Bonchev–Trinajstić information content (AvgIpc) is 2.78. The van der Waals surface area contributed by atoms with Gasteiger partial charge in [0.2, 0.25) is 5.91 Å². The molecule has 0 radical (unpaired) electrons. The van der Waals surface area contributed by atoms with Gasteiger partial charge in [0.15, 0.2) is 5.84 Å². The molecule has 2 rings (SSSR count). The number of hydrogen-bond donors (Lipinski definition) is 3. The van der Waals surface area contributed by atoms with Gasteiger partial charge in [0.05, 0.1) is 18.1 Å². The Bertz CT molecular complexity index is 542. The van der Waals surface area contributed by atoms with Crippen molar-refractivity contribution in [3.8, 4) is 0 Å². The van der Waals surface area contributed by atoms with Crippen LogP contribution in [0, 0.1) is 0 Å². The van der Waals surface area contributed by atoms with Crippen LogP contribution in [-0.2, 0) is 16.0 Å². The first-order chi connectivity index (χ1) is 9.94. The normalized spacial score (nSPS) is 25.8. The summed E-state index contributed by atoms with van der Waals surface area (Å²) in [4.78, 5) is 12.1. The summed E-state index contributed by atoms with van der Waals surface area (Å²) in [5.74, 6) is 0.0156. The van der Waals surface area contributed by atoms with E-state index < -0.39 is 0 Å². The number of ether oxygens (including phenoxy) is 1. The molecule has 0 aromatic heterocycles. The zero-order valence-corrected chi connectivity index (χ0v) is 12.3. The lowest BCUT2D eigenvalue weighted by Crippen LogP contribution is -2.51. The highest BCUT2D eigenvalue weighted by Gasteiger charge is 2.38. The largest absolute Gasteiger partial charge is 0.409 e. The van der Waals surface area contributed by atoms with Crippen LogP contribution in [-0.4, -0.2) is 35.2 Å². The van der Waals surface area contributed by atoms with Crippen LogP contribution < -0.4 is 11.1 Å². The third-order valence-electron chi connectivity index (χ3n) is 4.03. The molecule has 6 nitrogen and oxygen atoms in total. The van der Waals surface area contributed by atoms with Gasteiger partial charge in [-0.15, -0.1) is 0 Å². The molecule has 1 saturated heterocycles. The molecule has 0 saturated carbocycles. The predicted octanol–water partition coefficient (Wildman–Crippen LogP) is 1.01. The maximum atomic E-state index is 12.1. The highest BCUT2D eigenvalue weighted by molar-refractivity contribution is 5.97. The minimum Gasteiger partial charge on any atom is -0.409 e. The summed E-state index contributed by atoms with van der Waals surface area (Å²) < 4.78 is 5.51. The number of rotatable bonds is 4. The van der Waals surface area contributed by atoms with E-state index in [-0.39, 0.29) is 23.4 Å². The van der Waals surface area contributed by atoms with Crippen molar-refractivity contribution in [2.75, 3.05) is 6.61 Å². The number of nitrogens with one attached hydrogen (secondary N) is 1. The Kier molecular flexibility index (Phi) is 4.47. The van der Waals surface area contributed by atoms with Crippen molar-refractivity contribution < 1.29 is 14.7 Å². The number of benzene rings is 1. The quantitative estimate of drug-likeness (QED) is 0.334. The maximum Gasteiger partial charge on any atom is 0.224 e. The Morgan fingerprint density at radius 2 is 2.19 bits per heavy atom. The Labute approximate surface area is 124 Å². The summed E-state index contributed by atoms with van der Waals surface area (Å²) in [6, 6.07) is 7.04. The fraction of sp³-hybridized carbons (Fsp3) is 0.467. The molecule has 2 atom stereocenters. The zero-order chi connectivity index (χ0) is 15.5. The number of oxime groups is 1. The van der Waals surface area contributed by atoms with Crippen LogP contribution in [0.15, 0.2) is 29.4 Å². The summed E-state index contributed by atoms with van der Waals surface area (Å²) in [6.07, 6.45) is 1.13. The summed E-state index contributed by atoms with van der Waals surface area (Å²) in [7, 11) is 0. The molecule has 21 heavy (non-hydrogen) atoms. The number of hydrogen-bond acceptors (Lipinski definition) is 4. The minimum absolute atomic E-state index is 0.0180. The van der Waals surface area contributed by atoms with E-state index in [9.17, 15) is 4.79 Å². The lowest BCUT2D eigenvalue weighted by atomic mass is 9.94. The van der Waals surface area contributed by atoms with Crippen molar-refractivity contribution in [1.82, 2.24) is 5.32 Å². The molecule has 1 aliphatic rings. The van der Waals surface area contributed by atoms with Crippen LogP contribution in [0.3, 0.4) is 0 Å². The molecule has 1 aliphatic heterocycles. The van der Waals surface area contributed by atoms with Crippen LogP contribution in [0.25, 0.3) is 0 Å². The van der Waals surface area contributed by atoms with Crippen molar-refractivity contribution in [2.24, 2.45) is 10.9 Å². The van der Waals surface area contributed by atoms with E-state index in [0.717, 1.165) is 12.0 Å². The Morgan fingerprint density at radius 1 is 1.52 bits per heavy atom. The van der Waals surface area contributed by atoms with Crippen molar-refractivity contribution in [1.29, 1.82) is 0 Å². The SMILES string of the molecule is CC1OCCC1(C)NC(=O)Cc1ccc(/C(N)=N/O)cc1. The van der Waals surface area contributed by atoms with E-state index in [1.165, 1.54) is 0 Å². The molecule has 1 heterocycles. The van der Waals surface area contributed by atoms with Gasteiger partial charge < -0.3 is 21.0 Å². The fourth-order valence-corrected chi connectivity index (χ4v) is 2.40. The van der Waals surface area contributed by atoms with E-state index in [1.54, 1.807) is 24.3 Å². The Balaban J connectivity index is 1.97. The number of carbonyl (C=O) groups excluding carboxylic acids is 1. The summed E-state index contributed by atoms with van der Waals surface area (Å²) in [6.45, 7) is 4.65. The molecule has 1 aromatic rings. The molecule has 114 valence electrons. The summed E-state index contributed by atoms with van der Waals surface area (Å²) >= 11 is 0. The van der Waals surface area contributed by atoms with Crippen molar-refractivity contribution in [3.63, 3.8) is 0 Å². The number of carbonyl (C=O) groups is 1. The average molecular weight is 291 g/mol. The van der Waals surface area contributed by atoms with Gasteiger partial charge in [0.1, 0.15) is 0 Å². The van der Waals surface area contributed by atoms with Gasteiger partial charge in [-0.25, -0.2) is 0 Å². The first-order valence-corrected chi connectivity index (χ1v) is 6.94. The van der Waals surface area contributed by atoms with Gasteiger partial charge in [-0.05, 0) is 25.8 Å². The van der Waals surface area contributed by atoms with Gasteiger partial charge in [-0.3, -0.25) is 4.79 Å². The third-order valence-corrected chi connectivity index (χ3v) is 4.03. The van der Waals surface area contributed by atoms with Crippen LogP contribution in [0.2, 0.25) is 0 Å².